The molecular formula is C13H23N3O2. The standard InChI is InChI=1S/C13H23N3O2/c1-4-15(3)12-9-13(18)16(14-10-12)8-6-5-7-11(2)17/h9-11,17H,4-8H2,1-3H3. The van der Waals surface area contributed by atoms with Crippen molar-refractivity contribution in [2.45, 2.75) is 45.8 Å². The van der Waals surface area contributed by atoms with E-state index in [2.05, 4.69) is 5.10 Å². The molecule has 1 rings (SSSR count). The molecule has 0 saturated heterocycles. The van der Waals surface area contributed by atoms with E-state index in [4.69, 9.17) is 5.11 Å². The van der Waals surface area contributed by atoms with Gasteiger partial charge in [-0.05, 0) is 33.1 Å². The molecule has 0 radical (unpaired) electrons. The van der Waals surface area contributed by atoms with Crippen molar-refractivity contribution in [1.82, 2.24) is 9.78 Å². The number of hydrogen-bond donors (Lipinski definition) is 1. The number of aliphatic hydroxyl groups is 1. The lowest BCUT2D eigenvalue weighted by Gasteiger charge is -2.16. The maximum absolute atomic E-state index is 11.8. The minimum absolute atomic E-state index is 0.0650. The highest BCUT2D eigenvalue weighted by molar-refractivity contribution is 5.41. The maximum Gasteiger partial charge on any atom is 0.268 e. The van der Waals surface area contributed by atoms with E-state index < -0.39 is 0 Å². The lowest BCUT2D eigenvalue weighted by atomic mass is 10.2. The van der Waals surface area contributed by atoms with Gasteiger partial charge in [0.2, 0.25) is 0 Å². The van der Waals surface area contributed by atoms with Crippen LogP contribution in [-0.2, 0) is 6.54 Å². The zero-order valence-corrected chi connectivity index (χ0v) is 11.5. The summed E-state index contributed by atoms with van der Waals surface area (Å²) in [6, 6.07) is 1.62. The van der Waals surface area contributed by atoms with E-state index in [1.165, 1.54) is 4.68 Å². The van der Waals surface area contributed by atoms with Crippen LogP contribution in [0.1, 0.15) is 33.1 Å². The lowest BCUT2D eigenvalue weighted by molar-refractivity contribution is 0.179. The molecule has 0 aromatic carbocycles. The Morgan fingerprint density at radius 2 is 2.22 bits per heavy atom. The first kappa shape index (κ1) is 14.7. The van der Waals surface area contributed by atoms with Crippen LogP contribution in [0.15, 0.2) is 17.1 Å². The van der Waals surface area contributed by atoms with Crippen molar-refractivity contribution in [3.63, 3.8) is 0 Å². The van der Waals surface area contributed by atoms with E-state index in [0.29, 0.717) is 6.54 Å². The van der Waals surface area contributed by atoms with Gasteiger partial charge < -0.3 is 10.0 Å². The van der Waals surface area contributed by atoms with E-state index in [0.717, 1.165) is 31.5 Å². The van der Waals surface area contributed by atoms with Crippen molar-refractivity contribution in [1.29, 1.82) is 0 Å². The van der Waals surface area contributed by atoms with E-state index in [1.54, 1.807) is 19.2 Å². The summed E-state index contributed by atoms with van der Waals surface area (Å²) < 4.78 is 1.48. The number of anilines is 1. The molecule has 0 amide bonds. The van der Waals surface area contributed by atoms with Gasteiger partial charge in [0.25, 0.3) is 5.56 Å². The number of aliphatic hydroxyl groups excluding tert-OH is 1. The molecule has 1 unspecified atom stereocenters. The first-order chi connectivity index (χ1) is 8.54. The molecule has 5 heteroatoms. The van der Waals surface area contributed by atoms with Gasteiger partial charge in [-0.15, -0.1) is 0 Å². The normalized spacial score (nSPS) is 12.4. The fourth-order valence-corrected chi connectivity index (χ4v) is 1.68. The van der Waals surface area contributed by atoms with Crippen LogP contribution in [0.4, 0.5) is 5.69 Å². The Morgan fingerprint density at radius 3 is 2.78 bits per heavy atom. The van der Waals surface area contributed by atoms with Gasteiger partial charge in [0.15, 0.2) is 0 Å². The van der Waals surface area contributed by atoms with Crippen molar-refractivity contribution in [3.8, 4) is 0 Å². The fraction of sp³-hybridized carbons (Fsp3) is 0.692. The number of aryl methyl sites for hydroxylation is 1. The summed E-state index contributed by atoms with van der Waals surface area (Å²) in [5, 5.41) is 13.3. The van der Waals surface area contributed by atoms with Gasteiger partial charge in [-0.1, -0.05) is 0 Å². The van der Waals surface area contributed by atoms with Crippen LogP contribution in [0, 0.1) is 0 Å². The minimum atomic E-state index is -0.268. The zero-order valence-electron chi connectivity index (χ0n) is 11.5. The average molecular weight is 253 g/mol. The third-order valence-corrected chi connectivity index (χ3v) is 3.01. The van der Waals surface area contributed by atoms with Crippen molar-refractivity contribution >= 4 is 5.69 Å². The molecule has 1 atom stereocenters. The van der Waals surface area contributed by atoms with Crippen molar-refractivity contribution in [3.05, 3.63) is 22.6 Å². The van der Waals surface area contributed by atoms with Gasteiger partial charge in [0.1, 0.15) is 0 Å². The van der Waals surface area contributed by atoms with E-state index in [9.17, 15) is 4.79 Å². The summed E-state index contributed by atoms with van der Waals surface area (Å²) in [5.74, 6) is 0. The summed E-state index contributed by atoms with van der Waals surface area (Å²) >= 11 is 0. The average Bonchev–Trinajstić information content (AvgIpc) is 2.34. The predicted octanol–water partition coefficient (Wildman–Crippen LogP) is 1.25. The molecule has 1 aromatic heterocycles. The van der Waals surface area contributed by atoms with Crippen LogP contribution in [-0.4, -0.2) is 34.6 Å². The summed E-state index contributed by atoms with van der Waals surface area (Å²) in [6.45, 7) is 5.27. The Bertz CT molecular complexity index is 415. The van der Waals surface area contributed by atoms with Crippen LogP contribution in [0.5, 0.6) is 0 Å². The van der Waals surface area contributed by atoms with E-state index in [1.807, 2.05) is 18.9 Å². The summed E-state index contributed by atoms with van der Waals surface area (Å²) in [5.41, 5.74) is 0.785. The van der Waals surface area contributed by atoms with Crippen LogP contribution in [0.2, 0.25) is 0 Å². The molecule has 1 aromatic rings. The van der Waals surface area contributed by atoms with Gasteiger partial charge in [-0.3, -0.25) is 4.79 Å². The highest BCUT2D eigenvalue weighted by atomic mass is 16.3. The topological polar surface area (TPSA) is 58.4 Å². The van der Waals surface area contributed by atoms with Crippen molar-refractivity contribution in [2.75, 3.05) is 18.5 Å². The molecule has 18 heavy (non-hydrogen) atoms. The quantitative estimate of drug-likeness (QED) is 0.743. The minimum Gasteiger partial charge on any atom is -0.393 e. The Morgan fingerprint density at radius 1 is 1.50 bits per heavy atom. The predicted molar refractivity (Wildman–Crippen MR) is 73.0 cm³/mol. The molecule has 0 bridgehead atoms. The molecule has 1 N–H and O–H groups in total. The summed E-state index contributed by atoms with van der Waals surface area (Å²) in [7, 11) is 1.93. The summed E-state index contributed by atoms with van der Waals surface area (Å²) in [4.78, 5) is 13.8. The fourth-order valence-electron chi connectivity index (χ4n) is 1.68. The largest absolute Gasteiger partial charge is 0.393 e. The summed E-state index contributed by atoms with van der Waals surface area (Å²) in [6.07, 6.45) is 3.99. The molecule has 102 valence electrons. The lowest BCUT2D eigenvalue weighted by Crippen LogP contribution is -2.25. The van der Waals surface area contributed by atoms with E-state index in [-0.39, 0.29) is 11.7 Å². The van der Waals surface area contributed by atoms with Crippen LogP contribution in [0.3, 0.4) is 0 Å². The third kappa shape index (κ3) is 4.49. The third-order valence-electron chi connectivity index (χ3n) is 3.01. The van der Waals surface area contributed by atoms with Gasteiger partial charge in [0, 0.05) is 26.2 Å². The van der Waals surface area contributed by atoms with Crippen LogP contribution in [0.25, 0.3) is 0 Å². The first-order valence-corrected chi connectivity index (χ1v) is 6.51. The Kier molecular flexibility index (Phi) is 5.85. The highest BCUT2D eigenvalue weighted by Crippen LogP contribution is 2.06. The van der Waals surface area contributed by atoms with Crippen LogP contribution < -0.4 is 10.5 Å². The van der Waals surface area contributed by atoms with Crippen molar-refractivity contribution < 1.29 is 5.11 Å². The second kappa shape index (κ2) is 7.16. The molecule has 0 aliphatic heterocycles. The number of aromatic nitrogens is 2. The maximum atomic E-state index is 11.8. The molecule has 0 fully saturated rings. The first-order valence-electron chi connectivity index (χ1n) is 6.51. The highest BCUT2D eigenvalue weighted by Gasteiger charge is 2.03. The SMILES string of the molecule is CCN(C)c1cnn(CCCCC(C)O)c(=O)c1. The van der Waals surface area contributed by atoms with E-state index >= 15 is 0 Å². The zero-order chi connectivity index (χ0) is 13.5. The molecular weight excluding hydrogens is 230 g/mol. The van der Waals surface area contributed by atoms with Gasteiger partial charge in [0.05, 0.1) is 18.0 Å². The molecule has 1 heterocycles. The Hall–Kier alpha value is -1.36. The Balaban J connectivity index is 2.55. The number of unbranched alkanes of at least 4 members (excludes halogenated alkanes) is 1. The Labute approximate surface area is 108 Å². The second-order valence-corrected chi connectivity index (χ2v) is 4.63. The van der Waals surface area contributed by atoms with Gasteiger partial charge in [-0.25, -0.2) is 4.68 Å². The molecule has 0 saturated carbocycles. The molecule has 0 aliphatic carbocycles. The number of rotatable bonds is 7. The van der Waals surface area contributed by atoms with Crippen molar-refractivity contribution in [2.24, 2.45) is 0 Å². The van der Waals surface area contributed by atoms with Crippen LogP contribution >= 0.6 is 0 Å². The molecule has 0 spiro atoms. The van der Waals surface area contributed by atoms with Gasteiger partial charge in [-0.2, -0.15) is 5.10 Å². The van der Waals surface area contributed by atoms with Gasteiger partial charge >= 0.3 is 0 Å². The molecule has 0 aliphatic rings. The number of nitrogens with zero attached hydrogens (tertiary/aromatic N) is 3. The number of hydrogen-bond acceptors (Lipinski definition) is 4. The monoisotopic (exact) mass is 253 g/mol. The smallest absolute Gasteiger partial charge is 0.268 e. The second-order valence-electron chi connectivity index (χ2n) is 4.63. The molecule has 5 nitrogen and oxygen atoms in total.